The summed E-state index contributed by atoms with van der Waals surface area (Å²) in [5, 5.41) is 11.0. The van der Waals surface area contributed by atoms with Gasteiger partial charge in [0.05, 0.1) is 37.6 Å². The van der Waals surface area contributed by atoms with E-state index >= 15 is 0 Å². The molecule has 0 unspecified atom stereocenters. The fourth-order valence-corrected chi connectivity index (χ4v) is 5.55. The number of hydrogen-bond donors (Lipinski definition) is 1. The third-order valence-corrected chi connectivity index (χ3v) is 6.89. The maximum atomic E-state index is 12.0. The first-order valence-corrected chi connectivity index (χ1v) is 10.4. The van der Waals surface area contributed by atoms with E-state index in [-0.39, 0.29) is 12.0 Å². The summed E-state index contributed by atoms with van der Waals surface area (Å²) >= 11 is 0. The van der Waals surface area contributed by atoms with E-state index in [2.05, 4.69) is 29.5 Å². The maximum absolute atomic E-state index is 12.0. The molecule has 2 aliphatic rings. The van der Waals surface area contributed by atoms with Crippen LogP contribution in [-0.4, -0.2) is 47.9 Å². The first kappa shape index (κ1) is 19.8. The summed E-state index contributed by atoms with van der Waals surface area (Å²) in [5.41, 5.74) is 4.22. The van der Waals surface area contributed by atoms with E-state index in [0.717, 1.165) is 38.1 Å². The lowest BCUT2D eigenvalue weighted by Gasteiger charge is -2.46. The van der Waals surface area contributed by atoms with Gasteiger partial charge >= 0.3 is 5.97 Å². The van der Waals surface area contributed by atoms with Crippen LogP contribution in [-0.2, 0) is 23.0 Å². The van der Waals surface area contributed by atoms with Crippen molar-refractivity contribution in [3.63, 3.8) is 0 Å². The molecule has 6 nitrogen and oxygen atoms in total. The van der Waals surface area contributed by atoms with Gasteiger partial charge in [0.25, 0.3) is 0 Å². The molecule has 0 spiro atoms. The van der Waals surface area contributed by atoms with Crippen LogP contribution in [0.4, 0.5) is 0 Å². The molecule has 6 heteroatoms. The predicted octanol–water partition coefficient (Wildman–Crippen LogP) is 3.75. The number of methoxy groups -OCH3 is 2. The van der Waals surface area contributed by atoms with E-state index in [9.17, 15) is 9.90 Å². The Balaban J connectivity index is 1.82. The summed E-state index contributed by atoms with van der Waals surface area (Å²) in [6, 6.07) is 6.40. The van der Waals surface area contributed by atoms with Gasteiger partial charge in [0.15, 0.2) is 0 Å². The number of carbonyl (C=O) groups is 1. The molecule has 0 radical (unpaired) electrons. The maximum Gasteiger partial charge on any atom is 0.334 e. The Labute approximate surface area is 171 Å². The van der Waals surface area contributed by atoms with Crippen LogP contribution < -0.4 is 4.74 Å². The van der Waals surface area contributed by atoms with Crippen LogP contribution in [0.5, 0.6) is 5.75 Å². The van der Waals surface area contributed by atoms with E-state index in [1.54, 1.807) is 7.11 Å². The third kappa shape index (κ3) is 3.10. The molecular weight excluding hydrogens is 368 g/mol. The quantitative estimate of drug-likeness (QED) is 0.614. The molecule has 1 N–H and O–H groups in total. The van der Waals surface area contributed by atoms with Crippen molar-refractivity contribution in [3.8, 4) is 5.75 Å². The molecule has 0 bridgehead atoms. The molecule has 2 aromatic rings. The van der Waals surface area contributed by atoms with Gasteiger partial charge in [-0.25, -0.2) is 4.79 Å². The van der Waals surface area contributed by atoms with E-state index in [0.29, 0.717) is 11.5 Å². The predicted molar refractivity (Wildman–Crippen MR) is 112 cm³/mol. The van der Waals surface area contributed by atoms with Crippen LogP contribution in [0.25, 0.3) is 10.9 Å². The molecule has 0 saturated carbocycles. The van der Waals surface area contributed by atoms with E-state index in [4.69, 9.17) is 9.47 Å². The molecule has 3 heterocycles. The van der Waals surface area contributed by atoms with E-state index in [1.807, 2.05) is 12.1 Å². The second kappa shape index (κ2) is 7.75. The molecule has 1 fully saturated rings. The molecule has 1 aromatic heterocycles. The second-order valence-electron chi connectivity index (χ2n) is 8.16. The summed E-state index contributed by atoms with van der Waals surface area (Å²) in [4.78, 5) is 14.5. The first-order valence-electron chi connectivity index (χ1n) is 10.4. The fraction of sp³-hybridized carbons (Fsp3) is 0.522. The van der Waals surface area contributed by atoms with Crippen LogP contribution >= 0.6 is 0 Å². The van der Waals surface area contributed by atoms with E-state index < -0.39 is 5.97 Å². The van der Waals surface area contributed by atoms with Crippen molar-refractivity contribution in [3.05, 3.63) is 41.3 Å². The van der Waals surface area contributed by atoms with Gasteiger partial charge in [0, 0.05) is 31.2 Å². The SMILES string of the molecule is CC[C@@H]1CN2CCc3c(n(C)c4cccc(OC)c34)[C@@H]2C[C@@H]1C(=COC)C(=O)O. The third-order valence-electron chi connectivity index (χ3n) is 6.89. The Morgan fingerprint density at radius 1 is 1.34 bits per heavy atom. The van der Waals surface area contributed by atoms with Gasteiger partial charge in [0.2, 0.25) is 0 Å². The van der Waals surface area contributed by atoms with Gasteiger partial charge in [-0.3, -0.25) is 4.90 Å². The molecule has 0 aliphatic carbocycles. The Morgan fingerprint density at radius 3 is 2.79 bits per heavy atom. The lowest BCUT2D eigenvalue weighted by atomic mass is 9.74. The number of piperidine rings is 1. The lowest BCUT2D eigenvalue weighted by Crippen LogP contribution is -2.47. The van der Waals surface area contributed by atoms with Crippen molar-refractivity contribution in [2.75, 3.05) is 27.3 Å². The normalized spacial score (nSPS) is 24.8. The molecule has 4 rings (SSSR count). The lowest BCUT2D eigenvalue weighted by molar-refractivity contribution is -0.134. The number of aliphatic carboxylic acids is 1. The van der Waals surface area contributed by atoms with Gasteiger partial charge in [-0.05, 0) is 42.4 Å². The molecular formula is C23H30N2O4. The average Bonchev–Trinajstić information content (AvgIpc) is 3.03. The molecule has 0 amide bonds. The van der Waals surface area contributed by atoms with Crippen molar-refractivity contribution in [2.45, 2.75) is 32.2 Å². The number of nitrogens with zero attached hydrogens (tertiary/aromatic N) is 2. The monoisotopic (exact) mass is 398 g/mol. The van der Waals surface area contributed by atoms with Gasteiger partial charge in [-0.2, -0.15) is 0 Å². The van der Waals surface area contributed by atoms with Crippen molar-refractivity contribution in [2.24, 2.45) is 18.9 Å². The summed E-state index contributed by atoms with van der Waals surface area (Å²) in [6.07, 6.45) is 4.17. The molecule has 156 valence electrons. The van der Waals surface area contributed by atoms with Gasteiger partial charge < -0.3 is 19.1 Å². The zero-order chi connectivity index (χ0) is 20.7. The highest BCUT2D eigenvalue weighted by molar-refractivity contribution is 5.92. The number of carboxylic acid groups (broad SMARTS) is 1. The molecule has 1 saturated heterocycles. The van der Waals surface area contributed by atoms with Gasteiger partial charge in [0.1, 0.15) is 5.75 Å². The summed E-state index contributed by atoms with van der Waals surface area (Å²) in [5.74, 6) is 0.328. The Morgan fingerprint density at radius 2 is 2.14 bits per heavy atom. The van der Waals surface area contributed by atoms with Crippen molar-refractivity contribution < 1.29 is 19.4 Å². The minimum Gasteiger partial charge on any atom is -0.504 e. The Bertz CT molecular complexity index is 961. The number of fused-ring (bicyclic) bond motifs is 5. The zero-order valence-corrected chi connectivity index (χ0v) is 17.6. The van der Waals surface area contributed by atoms with Crippen LogP contribution in [0, 0.1) is 11.8 Å². The first-order chi connectivity index (χ1) is 14.0. The number of benzene rings is 1. The van der Waals surface area contributed by atoms with Crippen LogP contribution in [0.3, 0.4) is 0 Å². The van der Waals surface area contributed by atoms with Gasteiger partial charge in [-0.15, -0.1) is 0 Å². The number of hydrogen-bond acceptors (Lipinski definition) is 4. The molecule has 1 aromatic carbocycles. The number of aromatic nitrogens is 1. The second-order valence-corrected chi connectivity index (χ2v) is 8.16. The Kier molecular flexibility index (Phi) is 5.30. The highest BCUT2D eigenvalue weighted by Gasteiger charge is 2.43. The topological polar surface area (TPSA) is 63.9 Å². The average molecular weight is 399 g/mol. The highest BCUT2D eigenvalue weighted by Crippen LogP contribution is 2.47. The minimum atomic E-state index is -0.876. The zero-order valence-electron chi connectivity index (χ0n) is 17.6. The van der Waals surface area contributed by atoms with Crippen LogP contribution in [0.2, 0.25) is 0 Å². The van der Waals surface area contributed by atoms with Crippen LogP contribution in [0.15, 0.2) is 30.0 Å². The minimum absolute atomic E-state index is 0.0236. The molecule has 2 aliphatic heterocycles. The summed E-state index contributed by atoms with van der Waals surface area (Å²) in [6.45, 7) is 4.06. The van der Waals surface area contributed by atoms with Gasteiger partial charge in [-0.1, -0.05) is 19.4 Å². The number of rotatable bonds is 5. The highest BCUT2D eigenvalue weighted by atomic mass is 16.5. The molecule has 29 heavy (non-hydrogen) atoms. The van der Waals surface area contributed by atoms with Crippen LogP contribution in [0.1, 0.15) is 37.1 Å². The van der Waals surface area contributed by atoms with Crippen molar-refractivity contribution >= 4 is 16.9 Å². The molecule has 3 atom stereocenters. The van der Waals surface area contributed by atoms with E-state index in [1.165, 1.54) is 35.5 Å². The Hall–Kier alpha value is -2.47. The summed E-state index contributed by atoms with van der Waals surface area (Å²) in [7, 11) is 5.36. The smallest absolute Gasteiger partial charge is 0.334 e. The standard InChI is InChI=1S/C23H30N2O4/c1-5-14-12-25-10-9-15-21-18(7-6-8-20(21)29-4)24(2)22(15)19(25)11-16(14)17(13-28-3)23(26)27/h6-8,13-14,16,19H,5,9-12H2,1-4H3,(H,26,27)/t14-,16+,19+/m1/s1. The fourth-order valence-electron chi connectivity index (χ4n) is 5.55. The number of aryl methyl sites for hydroxylation is 1. The summed E-state index contributed by atoms with van der Waals surface area (Å²) < 4.78 is 13.1. The van der Waals surface area contributed by atoms with Crippen molar-refractivity contribution in [1.29, 1.82) is 0 Å². The largest absolute Gasteiger partial charge is 0.504 e. The van der Waals surface area contributed by atoms with Crippen molar-refractivity contribution in [1.82, 2.24) is 9.47 Å². The number of ether oxygens (including phenoxy) is 2. The number of carboxylic acids is 1.